The Morgan fingerprint density at radius 1 is 1.33 bits per heavy atom. The Labute approximate surface area is 157 Å². The fourth-order valence-corrected chi connectivity index (χ4v) is 3.93. The second-order valence-electron chi connectivity index (χ2n) is 6.09. The van der Waals surface area contributed by atoms with Gasteiger partial charge in [0.1, 0.15) is 12.4 Å². The summed E-state index contributed by atoms with van der Waals surface area (Å²) in [5.74, 6) is 0.670. The topological polar surface area (TPSA) is 63.2 Å². The van der Waals surface area contributed by atoms with Gasteiger partial charge in [-0.1, -0.05) is 11.3 Å². The summed E-state index contributed by atoms with van der Waals surface area (Å²) in [5, 5.41) is 3.96. The average molecular weight is 395 g/mol. The summed E-state index contributed by atoms with van der Waals surface area (Å²) in [4.78, 5) is 14.4. The Hall–Kier alpha value is -2.46. The van der Waals surface area contributed by atoms with E-state index in [0.717, 1.165) is 18.8 Å². The van der Waals surface area contributed by atoms with E-state index in [-0.39, 0.29) is 6.04 Å². The summed E-state index contributed by atoms with van der Waals surface area (Å²) in [6, 6.07) is 4.73. The number of aromatic nitrogens is 3. The number of alkyl halides is 3. The van der Waals surface area contributed by atoms with Crippen LogP contribution in [0, 0.1) is 0 Å². The van der Waals surface area contributed by atoms with Crippen molar-refractivity contribution in [3.8, 4) is 5.75 Å². The van der Waals surface area contributed by atoms with Crippen molar-refractivity contribution in [1.82, 2.24) is 20.3 Å². The van der Waals surface area contributed by atoms with Gasteiger partial charge in [-0.3, -0.25) is 4.98 Å². The van der Waals surface area contributed by atoms with Gasteiger partial charge in [-0.15, -0.1) is 0 Å². The Bertz CT molecular complexity index is 918. The van der Waals surface area contributed by atoms with Crippen molar-refractivity contribution in [3.05, 3.63) is 42.4 Å². The summed E-state index contributed by atoms with van der Waals surface area (Å²) in [5.41, 5.74) is -0.435. The van der Waals surface area contributed by atoms with Gasteiger partial charge in [-0.25, -0.2) is 4.98 Å². The SMILES string of the molecule is FC(F)(F)c1cnc2nc(N3CCNCC3COc3cccnc3)sc2c1. The van der Waals surface area contributed by atoms with Gasteiger partial charge in [-0.2, -0.15) is 18.2 Å². The van der Waals surface area contributed by atoms with E-state index in [2.05, 4.69) is 25.2 Å². The van der Waals surface area contributed by atoms with Gasteiger partial charge in [-0.05, 0) is 18.2 Å². The highest BCUT2D eigenvalue weighted by molar-refractivity contribution is 7.22. The van der Waals surface area contributed by atoms with Gasteiger partial charge in [0.15, 0.2) is 10.8 Å². The molecule has 3 aromatic rings. The molecule has 0 bridgehead atoms. The second kappa shape index (κ2) is 7.28. The van der Waals surface area contributed by atoms with Crippen LogP contribution in [0.2, 0.25) is 0 Å². The Morgan fingerprint density at radius 2 is 2.22 bits per heavy atom. The number of thiazole rings is 1. The monoisotopic (exact) mass is 395 g/mol. The number of pyridine rings is 2. The molecule has 0 aliphatic carbocycles. The zero-order chi connectivity index (χ0) is 18.9. The average Bonchev–Trinajstić information content (AvgIpc) is 3.10. The molecule has 0 saturated carbocycles. The van der Waals surface area contributed by atoms with Crippen molar-refractivity contribution in [2.24, 2.45) is 0 Å². The Balaban J connectivity index is 1.56. The van der Waals surface area contributed by atoms with Crippen LogP contribution in [0.4, 0.5) is 18.3 Å². The van der Waals surface area contributed by atoms with Crippen LogP contribution < -0.4 is 15.0 Å². The van der Waals surface area contributed by atoms with Gasteiger partial charge >= 0.3 is 6.18 Å². The third-order valence-corrected chi connectivity index (χ3v) is 5.26. The predicted octanol–water partition coefficient (Wildman–Crippen LogP) is 2.96. The molecule has 142 valence electrons. The molecule has 1 fully saturated rings. The van der Waals surface area contributed by atoms with Crippen LogP contribution in [-0.4, -0.2) is 47.2 Å². The van der Waals surface area contributed by atoms with E-state index in [4.69, 9.17) is 4.74 Å². The summed E-state index contributed by atoms with van der Waals surface area (Å²) in [7, 11) is 0. The maximum Gasteiger partial charge on any atom is 0.417 e. The summed E-state index contributed by atoms with van der Waals surface area (Å²) in [6.07, 6.45) is -0.279. The molecule has 0 amide bonds. The summed E-state index contributed by atoms with van der Waals surface area (Å²) >= 11 is 1.22. The van der Waals surface area contributed by atoms with Crippen LogP contribution in [0.25, 0.3) is 10.3 Å². The highest BCUT2D eigenvalue weighted by atomic mass is 32.1. The Morgan fingerprint density at radius 3 is 3.00 bits per heavy atom. The molecule has 27 heavy (non-hydrogen) atoms. The fourth-order valence-electron chi connectivity index (χ4n) is 2.87. The molecule has 0 spiro atoms. The first-order valence-electron chi connectivity index (χ1n) is 8.35. The van der Waals surface area contributed by atoms with Crippen LogP contribution in [0.1, 0.15) is 5.56 Å². The molecule has 4 rings (SSSR count). The molecular weight excluding hydrogens is 379 g/mol. The van der Waals surface area contributed by atoms with E-state index in [0.29, 0.717) is 40.9 Å². The normalized spacial score (nSPS) is 18.0. The van der Waals surface area contributed by atoms with E-state index < -0.39 is 11.7 Å². The lowest BCUT2D eigenvalue weighted by Crippen LogP contribution is -2.54. The lowest BCUT2D eigenvalue weighted by molar-refractivity contribution is -0.137. The number of hydrogen-bond acceptors (Lipinski definition) is 7. The molecule has 1 saturated heterocycles. The van der Waals surface area contributed by atoms with Crippen molar-refractivity contribution >= 4 is 26.8 Å². The standard InChI is InChI=1S/C17H16F3N5OS/c18-17(19,20)11-6-14-15(23-7-11)24-16(27-14)25-5-4-22-8-12(25)10-26-13-2-1-3-21-9-13/h1-3,6-7,9,12,22H,4-5,8,10H2. The van der Waals surface area contributed by atoms with Crippen LogP contribution in [-0.2, 0) is 6.18 Å². The molecule has 1 aliphatic heterocycles. The number of hydrogen-bond donors (Lipinski definition) is 1. The number of rotatable bonds is 4. The van der Waals surface area contributed by atoms with Crippen molar-refractivity contribution in [2.75, 3.05) is 31.1 Å². The van der Waals surface area contributed by atoms with Crippen LogP contribution in [0.5, 0.6) is 5.75 Å². The highest BCUT2D eigenvalue weighted by Gasteiger charge is 2.32. The quantitative estimate of drug-likeness (QED) is 0.733. The number of piperazine rings is 1. The maximum absolute atomic E-state index is 12.9. The first-order chi connectivity index (χ1) is 13.0. The minimum atomic E-state index is -4.42. The van der Waals surface area contributed by atoms with Crippen molar-refractivity contribution in [3.63, 3.8) is 0 Å². The van der Waals surface area contributed by atoms with Crippen LogP contribution in [0.3, 0.4) is 0 Å². The third kappa shape index (κ3) is 3.96. The zero-order valence-corrected chi connectivity index (χ0v) is 14.9. The largest absolute Gasteiger partial charge is 0.490 e. The summed E-state index contributed by atoms with van der Waals surface area (Å²) in [6.45, 7) is 2.56. The molecule has 0 aromatic carbocycles. The van der Waals surface area contributed by atoms with Gasteiger partial charge in [0.05, 0.1) is 22.5 Å². The molecule has 0 radical (unpaired) electrons. The van der Waals surface area contributed by atoms with Crippen LogP contribution in [0.15, 0.2) is 36.8 Å². The number of fused-ring (bicyclic) bond motifs is 1. The first kappa shape index (κ1) is 17.9. The van der Waals surface area contributed by atoms with Crippen molar-refractivity contribution < 1.29 is 17.9 Å². The number of halogens is 3. The van der Waals surface area contributed by atoms with Crippen molar-refractivity contribution in [1.29, 1.82) is 0 Å². The van der Waals surface area contributed by atoms with Gasteiger partial charge in [0.2, 0.25) is 0 Å². The first-order valence-corrected chi connectivity index (χ1v) is 9.16. The smallest absolute Gasteiger partial charge is 0.417 e. The van der Waals surface area contributed by atoms with E-state index in [9.17, 15) is 13.2 Å². The molecule has 6 nitrogen and oxygen atoms in total. The van der Waals surface area contributed by atoms with Gasteiger partial charge in [0, 0.05) is 32.0 Å². The molecule has 3 aromatic heterocycles. The minimum Gasteiger partial charge on any atom is -0.490 e. The molecule has 1 N–H and O–H groups in total. The number of anilines is 1. The van der Waals surface area contributed by atoms with E-state index >= 15 is 0 Å². The number of nitrogens with zero attached hydrogens (tertiary/aromatic N) is 4. The molecule has 10 heteroatoms. The minimum absolute atomic E-state index is 0.00149. The van der Waals surface area contributed by atoms with E-state index in [1.165, 1.54) is 11.3 Å². The van der Waals surface area contributed by atoms with E-state index in [1.54, 1.807) is 18.5 Å². The molecule has 1 aliphatic rings. The van der Waals surface area contributed by atoms with Gasteiger partial charge < -0.3 is 15.0 Å². The molecule has 1 atom stereocenters. The lowest BCUT2D eigenvalue weighted by Gasteiger charge is -2.35. The highest BCUT2D eigenvalue weighted by Crippen LogP contribution is 2.34. The molecule has 4 heterocycles. The van der Waals surface area contributed by atoms with Crippen LogP contribution >= 0.6 is 11.3 Å². The fraction of sp³-hybridized carbons (Fsp3) is 0.353. The lowest BCUT2D eigenvalue weighted by atomic mass is 10.2. The predicted molar refractivity (Wildman–Crippen MR) is 96.2 cm³/mol. The van der Waals surface area contributed by atoms with Crippen molar-refractivity contribution in [2.45, 2.75) is 12.2 Å². The molecular formula is C17H16F3N5OS. The van der Waals surface area contributed by atoms with E-state index in [1.807, 2.05) is 6.07 Å². The Kier molecular flexibility index (Phi) is 4.83. The maximum atomic E-state index is 12.9. The number of nitrogens with one attached hydrogen (secondary N) is 1. The second-order valence-corrected chi connectivity index (χ2v) is 7.10. The zero-order valence-electron chi connectivity index (χ0n) is 14.1. The molecule has 1 unspecified atom stereocenters. The third-order valence-electron chi connectivity index (χ3n) is 4.24. The summed E-state index contributed by atoms with van der Waals surface area (Å²) < 4.78 is 44.9. The van der Waals surface area contributed by atoms with Gasteiger partial charge in [0.25, 0.3) is 0 Å². The number of ether oxygens (including phenoxy) is 1.